The van der Waals surface area contributed by atoms with Gasteiger partial charge in [0.05, 0.1) is 0 Å². The average molecular weight is 436 g/mol. The molecule has 1 nitrogen and oxygen atoms in total. The van der Waals surface area contributed by atoms with E-state index >= 15 is 0 Å². The normalized spacial score (nSPS) is 16.5. The molecule has 0 bridgehead atoms. The summed E-state index contributed by atoms with van der Waals surface area (Å²) >= 11 is -2.57. The predicted octanol–water partition coefficient (Wildman–Crippen LogP) is 4.39. The van der Waals surface area contributed by atoms with Crippen molar-refractivity contribution in [2.24, 2.45) is 0 Å². The maximum Gasteiger partial charge on any atom is -0.147 e. The summed E-state index contributed by atoms with van der Waals surface area (Å²) in [6, 6.07) is 0. The Bertz CT molecular complexity index is 469. The topological polar surface area (TPSA) is 3.24 Å². The van der Waals surface area contributed by atoms with Crippen LogP contribution >= 0.6 is 24.8 Å². The first-order valence-electron chi connectivity index (χ1n) is 7.48. The van der Waals surface area contributed by atoms with Crippen LogP contribution in [0, 0.1) is 0 Å². The molecule has 2 aliphatic carbocycles. The number of rotatable bonds is 8. The van der Waals surface area contributed by atoms with Gasteiger partial charge in [0.15, 0.2) is 0 Å². The van der Waals surface area contributed by atoms with Gasteiger partial charge in [-0.1, -0.05) is 0 Å². The Kier molecular flexibility index (Phi) is 10.8. The van der Waals surface area contributed by atoms with Crippen molar-refractivity contribution < 1.29 is 19.7 Å². The van der Waals surface area contributed by atoms with E-state index in [1.807, 2.05) is 0 Å². The van der Waals surface area contributed by atoms with Gasteiger partial charge in [-0.2, -0.15) is 0 Å². The summed E-state index contributed by atoms with van der Waals surface area (Å²) in [5, 5.41) is 0. The standard InChI is InChI=1S/C6H10N.2C5H5.CH5Si.2ClH.Zr/c1-3-5-7-6-4-2;2*1-2-4-5-3-1;1-2;;;/h3-4H,1-2,5-6H2;2*1-3H,4H2;2H2,1H3;2*1H;/q-1;;;;;;+1. The van der Waals surface area contributed by atoms with Crippen LogP contribution in [0.3, 0.4) is 0 Å². The third kappa shape index (κ3) is 4.33. The zero-order valence-corrected chi connectivity index (χ0v) is 18.8. The molecule has 0 spiro atoms. The molecule has 0 amide bonds. The van der Waals surface area contributed by atoms with Crippen molar-refractivity contribution >= 4 is 31.5 Å². The van der Waals surface area contributed by atoms with E-state index < -0.39 is 19.7 Å². The monoisotopic (exact) mass is 433 g/mol. The van der Waals surface area contributed by atoms with E-state index in [1.54, 1.807) is 6.56 Å². The van der Waals surface area contributed by atoms with Crippen LogP contribution in [-0.4, -0.2) is 22.6 Å². The molecule has 0 saturated carbocycles. The maximum atomic E-state index is 3.99. The summed E-state index contributed by atoms with van der Waals surface area (Å²) in [6.45, 7) is 12.4. The minimum absolute atomic E-state index is 0. The Morgan fingerprint density at radius 2 is 1.50 bits per heavy atom. The molecule has 122 valence electrons. The van der Waals surface area contributed by atoms with Crippen molar-refractivity contribution in [2.75, 3.05) is 13.1 Å². The van der Waals surface area contributed by atoms with Crippen molar-refractivity contribution in [1.29, 1.82) is 0 Å². The summed E-state index contributed by atoms with van der Waals surface area (Å²) in [5.41, 5.74) is 0. The number of nitrogens with zero attached hydrogens (tertiary/aromatic N) is 1. The first-order chi connectivity index (χ1) is 9.79. The van der Waals surface area contributed by atoms with Gasteiger partial charge in [-0.15, -0.1) is 24.8 Å². The smallest absolute Gasteiger partial charge is 0.147 e. The molecule has 0 radical (unpaired) electrons. The molecule has 2 aliphatic rings. The molecule has 2 rings (SSSR count). The van der Waals surface area contributed by atoms with Crippen LogP contribution in [0.1, 0.15) is 12.8 Å². The summed E-state index contributed by atoms with van der Waals surface area (Å²) in [7, 11) is 0. The minimum atomic E-state index is -2.57. The molecule has 0 heterocycles. The van der Waals surface area contributed by atoms with Crippen LogP contribution in [0.25, 0.3) is 0 Å². The van der Waals surface area contributed by atoms with Crippen molar-refractivity contribution in [2.45, 2.75) is 19.4 Å². The zero-order valence-electron chi connectivity index (χ0n) is 13.3. The molecule has 0 saturated heterocycles. The Hall–Kier alpha value is 0.0800. The molecule has 5 heteroatoms. The molecule has 0 aliphatic heterocycles. The van der Waals surface area contributed by atoms with Crippen LogP contribution in [-0.2, 0) is 19.7 Å². The minimum Gasteiger partial charge on any atom is -0.147 e. The Morgan fingerprint density at radius 3 is 1.77 bits per heavy atom. The van der Waals surface area contributed by atoms with E-state index in [4.69, 9.17) is 0 Å². The van der Waals surface area contributed by atoms with Gasteiger partial charge in [0.25, 0.3) is 0 Å². The Labute approximate surface area is 154 Å². The van der Waals surface area contributed by atoms with E-state index in [9.17, 15) is 0 Å². The van der Waals surface area contributed by atoms with Crippen LogP contribution in [0.4, 0.5) is 0 Å². The third-order valence-corrected chi connectivity index (χ3v) is 31.5. The zero-order chi connectivity index (χ0) is 14.4. The van der Waals surface area contributed by atoms with Gasteiger partial charge in [-0.3, -0.25) is 0 Å². The first kappa shape index (κ1) is 22.1. The second-order valence-corrected chi connectivity index (χ2v) is 26.3. The number of halogens is 2. The fourth-order valence-electron chi connectivity index (χ4n) is 3.50. The van der Waals surface area contributed by atoms with E-state index in [-0.39, 0.29) is 31.5 Å². The quantitative estimate of drug-likeness (QED) is 0.404. The second-order valence-electron chi connectivity index (χ2n) is 5.34. The van der Waals surface area contributed by atoms with Gasteiger partial charge in [0, 0.05) is 0 Å². The van der Waals surface area contributed by atoms with Crippen LogP contribution in [0.5, 0.6) is 0 Å². The van der Waals surface area contributed by atoms with Crippen LogP contribution < -0.4 is 0 Å². The van der Waals surface area contributed by atoms with Crippen molar-refractivity contribution in [3.8, 4) is 0 Å². The van der Waals surface area contributed by atoms with E-state index in [0.29, 0.717) is 0 Å². The summed E-state index contributed by atoms with van der Waals surface area (Å²) in [6.07, 6.45) is 20.5. The molecule has 0 fully saturated rings. The predicted molar refractivity (Wildman–Crippen MR) is 105 cm³/mol. The third-order valence-electron chi connectivity index (χ3n) is 4.36. The van der Waals surface area contributed by atoms with Gasteiger partial charge < -0.3 is 0 Å². The molecular formula is C17H27Cl2NSiZr. The van der Waals surface area contributed by atoms with Gasteiger partial charge >= 0.3 is 130 Å². The largest absolute Gasteiger partial charge is 0.147 e. The number of hydrogen-bond donors (Lipinski definition) is 0. The molecule has 0 aromatic heterocycles. The van der Waals surface area contributed by atoms with Gasteiger partial charge in [-0.05, 0) is 0 Å². The Morgan fingerprint density at radius 1 is 1.05 bits per heavy atom. The van der Waals surface area contributed by atoms with Gasteiger partial charge in [0.2, 0.25) is 0 Å². The number of allylic oxidation sites excluding steroid dienone is 8. The fourth-order valence-corrected chi connectivity index (χ4v) is 28.7. The van der Waals surface area contributed by atoms with Gasteiger partial charge in [0.1, 0.15) is 0 Å². The molecule has 0 aromatic carbocycles. The molecule has 22 heavy (non-hydrogen) atoms. The summed E-state index contributed by atoms with van der Waals surface area (Å²) < 4.78 is 6.32. The molecule has 0 atom stereocenters. The number of hydrogen-bond acceptors (Lipinski definition) is 1. The molecule has 0 aromatic rings. The summed E-state index contributed by atoms with van der Waals surface area (Å²) in [5.74, 6) is 0. The fraction of sp³-hybridized carbons (Fsp3) is 0.294. The van der Waals surface area contributed by atoms with Crippen LogP contribution in [0.2, 0.25) is 6.55 Å². The van der Waals surface area contributed by atoms with Crippen molar-refractivity contribution in [3.05, 3.63) is 68.3 Å². The first-order valence-corrected chi connectivity index (χ1v) is 18.4. The molecule has 0 N–H and O–H groups in total. The van der Waals surface area contributed by atoms with Crippen molar-refractivity contribution in [1.82, 2.24) is 2.84 Å². The van der Waals surface area contributed by atoms with Gasteiger partial charge in [-0.25, -0.2) is 0 Å². The molecular weight excluding hydrogens is 408 g/mol. The Balaban J connectivity index is 0.00000220. The average Bonchev–Trinajstić information content (AvgIpc) is 3.14. The van der Waals surface area contributed by atoms with Crippen LogP contribution in [0.15, 0.2) is 68.3 Å². The maximum absolute atomic E-state index is 3.99. The van der Waals surface area contributed by atoms with Crippen molar-refractivity contribution in [3.63, 3.8) is 0 Å². The SMILES string of the molecule is C=CC[N](CC=C)[Zr]([SiH2]C)([C]1=CC=CC1)[C]1=CC=CC1.Cl.Cl. The van der Waals surface area contributed by atoms with E-state index in [2.05, 4.69) is 71.2 Å². The van der Waals surface area contributed by atoms with E-state index in [1.165, 1.54) is 12.8 Å². The summed E-state index contributed by atoms with van der Waals surface area (Å²) in [4.78, 5) is 0. The second kappa shape index (κ2) is 10.8. The van der Waals surface area contributed by atoms with E-state index in [0.717, 1.165) is 13.1 Å². The molecule has 0 unspecified atom stereocenters.